The Hall–Kier alpha value is -1.96. The van der Waals surface area contributed by atoms with Crippen LogP contribution in [0.2, 0.25) is 0 Å². The van der Waals surface area contributed by atoms with Gasteiger partial charge in [0.2, 0.25) is 11.8 Å². The second-order valence-corrected chi connectivity index (χ2v) is 5.80. The van der Waals surface area contributed by atoms with E-state index < -0.39 is 11.0 Å². The third kappa shape index (κ3) is 4.27. The van der Waals surface area contributed by atoms with Crippen LogP contribution in [-0.4, -0.2) is 38.7 Å². The first kappa shape index (κ1) is 16.4. The van der Waals surface area contributed by atoms with Crippen LogP contribution in [0.25, 0.3) is 0 Å². The highest BCUT2D eigenvalue weighted by Gasteiger charge is 2.25. The molecule has 0 aliphatic heterocycles. The molecular formula is C14H23N5O3. The molecule has 0 spiro atoms. The number of aromatic nitrogens is 2. The van der Waals surface area contributed by atoms with Crippen molar-refractivity contribution in [3.63, 3.8) is 0 Å². The van der Waals surface area contributed by atoms with Gasteiger partial charge in [-0.25, -0.2) is 4.98 Å². The summed E-state index contributed by atoms with van der Waals surface area (Å²) in [6.07, 6.45) is 4.91. The summed E-state index contributed by atoms with van der Waals surface area (Å²) < 4.78 is 0. The number of anilines is 2. The molecule has 0 aromatic carbocycles. The monoisotopic (exact) mass is 309 g/mol. The van der Waals surface area contributed by atoms with E-state index >= 15 is 0 Å². The smallest absolute Gasteiger partial charge is 0.332 e. The predicted octanol–water partition coefficient (Wildman–Crippen LogP) is 2.23. The van der Waals surface area contributed by atoms with E-state index in [1.165, 1.54) is 6.42 Å². The zero-order chi connectivity index (χ0) is 16.1. The average Bonchev–Trinajstić information content (AvgIpc) is 2.45. The van der Waals surface area contributed by atoms with Gasteiger partial charge in [0.05, 0.1) is 11.0 Å². The van der Waals surface area contributed by atoms with E-state index in [4.69, 9.17) is 0 Å². The molecule has 0 amide bonds. The lowest BCUT2D eigenvalue weighted by Crippen LogP contribution is -2.24. The minimum absolute atomic E-state index is 0.0758. The fourth-order valence-corrected chi connectivity index (χ4v) is 2.64. The lowest BCUT2D eigenvalue weighted by molar-refractivity contribution is -0.385. The average molecular weight is 309 g/mol. The van der Waals surface area contributed by atoms with E-state index in [9.17, 15) is 15.2 Å². The summed E-state index contributed by atoms with van der Waals surface area (Å²) in [6.45, 7) is 3.53. The number of aryl methyl sites for hydroxylation is 1. The highest BCUT2D eigenvalue weighted by Crippen LogP contribution is 2.29. The Morgan fingerprint density at radius 2 is 2.05 bits per heavy atom. The molecule has 3 N–H and O–H groups in total. The first-order valence-electron chi connectivity index (χ1n) is 7.69. The fourth-order valence-electron chi connectivity index (χ4n) is 2.64. The summed E-state index contributed by atoms with van der Waals surface area (Å²) in [4.78, 5) is 19.2. The maximum atomic E-state index is 11.3. The number of hydrogen-bond donors (Lipinski definition) is 3. The van der Waals surface area contributed by atoms with Crippen LogP contribution in [0.5, 0.6) is 0 Å². The molecule has 0 unspecified atom stereocenters. The molecule has 0 bridgehead atoms. The van der Waals surface area contributed by atoms with Crippen molar-refractivity contribution >= 4 is 17.5 Å². The molecule has 8 heteroatoms. The largest absolute Gasteiger partial charge is 0.392 e. The zero-order valence-electron chi connectivity index (χ0n) is 13.0. The summed E-state index contributed by atoms with van der Waals surface area (Å²) >= 11 is 0. The summed E-state index contributed by atoms with van der Waals surface area (Å²) in [7, 11) is 0. The molecule has 1 aliphatic rings. The van der Waals surface area contributed by atoms with Gasteiger partial charge in [-0.3, -0.25) is 10.1 Å². The number of aliphatic hydroxyl groups excluding tert-OH is 1. The summed E-state index contributed by atoms with van der Waals surface area (Å²) in [5.74, 6) is 0.555. The van der Waals surface area contributed by atoms with Crippen LogP contribution in [0.1, 0.15) is 44.7 Å². The highest BCUT2D eigenvalue weighted by atomic mass is 16.6. The lowest BCUT2D eigenvalue weighted by atomic mass is 9.95. The van der Waals surface area contributed by atoms with Crippen molar-refractivity contribution in [1.29, 1.82) is 0 Å². The highest BCUT2D eigenvalue weighted by molar-refractivity contribution is 5.61. The molecule has 0 saturated heterocycles. The van der Waals surface area contributed by atoms with Crippen molar-refractivity contribution in [2.45, 2.75) is 58.1 Å². The molecule has 2 rings (SSSR count). The second kappa shape index (κ2) is 7.35. The fraction of sp³-hybridized carbons (Fsp3) is 0.714. The van der Waals surface area contributed by atoms with Gasteiger partial charge in [-0.05, 0) is 26.7 Å². The Labute approximate surface area is 129 Å². The molecular weight excluding hydrogens is 286 g/mol. The molecule has 1 aromatic rings. The molecule has 1 saturated carbocycles. The molecule has 1 aliphatic carbocycles. The predicted molar refractivity (Wildman–Crippen MR) is 84.1 cm³/mol. The Kier molecular flexibility index (Phi) is 5.48. The number of hydrogen-bond acceptors (Lipinski definition) is 7. The summed E-state index contributed by atoms with van der Waals surface area (Å²) in [5.41, 5.74) is 0.236. The number of nitro groups is 1. The van der Waals surface area contributed by atoms with Crippen molar-refractivity contribution in [1.82, 2.24) is 9.97 Å². The molecule has 0 radical (unpaired) electrons. The van der Waals surface area contributed by atoms with Gasteiger partial charge in [-0.1, -0.05) is 19.3 Å². The van der Waals surface area contributed by atoms with E-state index in [1.54, 1.807) is 13.8 Å². The quantitative estimate of drug-likeness (QED) is 0.545. The molecule has 1 heterocycles. The van der Waals surface area contributed by atoms with E-state index in [0.717, 1.165) is 25.7 Å². The van der Waals surface area contributed by atoms with Crippen LogP contribution in [0.3, 0.4) is 0 Å². The lowest BCUT2D eigenvalue weighted by Gasteiger charge is -2.23. The van der Waals surface area contributed by atoms with Gasteiger partial charge >= 0.3 is 5.69 Å². The minimum Gasteiger partial charge on any atom is -0.392 e. The normalized spacial score (nSPS) is 17.0. The van der Waals surface area contributed by atoms with E-state index in [-0.39, 0.29) is 17.5 Å². The van der Waals surface area contributed by atoms with Gasteiger partial charge in [0.1, 0.15) is 5.69 Å². The standard InChI is InChI=1S/C14H23N5O3/c1-9(20)8-15-14-16-10(2)12(19(21)22)13(18-14)17-11-6-4-3-5-7-11/h9,11,20H,3-8H2,1-2H3,(H2,15,16,17,18)/t9-/m0/s1. The minimum atomic E-state index is -0.547. The third-order valence-electron chi connectivity index (χ3n) is 3.74. The van der Waals surface area contributed by atoms with Crippen LogP contribution in [-0.2, 0) is 0 Å². The van der Waals surface area contributed by atoms with Crippen LogP contribution < -0.4 is 10.6 Å². The molecule has 8 nitrogen and oxygen atoms in total. The van der Waals surface area contributed by atoms with Crippen LogP contribution in [0.15, 0.2) is 0 Å². The van der Waals surface area contributed by atoms with Gasteiger partial charge in [0.25, 0.3) is 0 Å². The first-order valence-corrected chi connectivity index (χ1v) is 7.69. The van der Waals surface area contributed by atoms with Crippen molar-refractivity contribution in [3.05, 3.63) is 15.8 Å². The first-order chi connectivity index (χ1) is 10.5. The Morgan fingerprint density at radius 3 is 2.64 bits per heavy atom. The zero-order valence-corrected chi connectivity index (χ0v) is 13.0. The van der Waals surface area contributed by atoms with E-state index in [2.05, 4.69) is 20.6 Å². The Balaban J connectivity index is 2.24. The van der Waals surface area contributed by atoms with Gasteiger partial charge in [-0.2, -0.15) is 4.98 Å². The van der Waals surface area contributed by atoms with Crippen molar-refractivity contribution in [3.8, 4) is 0 Å². The summed E-state index contributed by atoms with van der Waals surface area (Å²) in [6, 6.07) is 0.214. The topological polar surface area (TPSA) is 113 Å². The van der Waals surface area contributed by atoms with Crippen molar-refractivity contribution in [2.75, 3.05) is 17.2 Å². The van der Waals surface area contributed by atoms with E-state index in [1.807, 2.05) is 0 Å². The number of nitrogens with one attached hydrogen (secondary N) is 2. The maximum absolute atomic E-state index is 11.3. The van der Waals surface area contributed by atoms with Crippen LogP contribution >= 0.6 is 0 Å². The van der Waals surface area contributed by atoms with Crippen LogP contribution in [0, 0.1) is 17.0 Å². The SMILES string of the molecule is Cc1nc(NC[C@H](C)O)nc(NC2CCCCC2)c1[N+](=O)[O-]. The van der Waals surface area contributed by atoms with Crippen LogP contribution in [0.4, 0.5) is 17.5 Å². The van der Waals surface area contributed by atoms with Crippen molar-refractivity contribution < 1.29 is 10.0 Å². The second-order valence-electron chi connectivity index (χ2n) is 5.80. The molecule has 22 heavy (non-hydrogen) atoms. The number of nitrogens with zero attached hydrogens (tertiary/aromatic N) is 3. The molecule has 122 valence electrons. The Morgan fingerprint density at radius 1 is 1.36 bits per heavy atom. The number of aliphatic hydroxyl groups is 1. The van der Waals surface area contributed by atoms with Gasteiger partial charge in [0.15, 0.2) is 0 Å². The molecule has 1 aromatic heterocycles. The van der Waals surface area contributed by atoms with Gasteiger partial charge in [0, 0.05) is 12.6 Å². The Bertz CT molecular complexity index is 529. The van der Waals surface area contributed by atoms with Gasteiger partial charge in [-0.15, -0.1) is 0 Å². The van der Waals surface area contributed by atoms with Gasteiger partial charge < -0.3 is 15.7 Å². The van der Waals surface area contributed by atoms with E-state index in [0.29, 0.717) is 18.2 Å². The van der Waals surface area contributed by atoms with Crippen molar-refractivity contribution in [2.24, 2.45) is 0 Å². The molecule has 1 fully saturated rings. The maximum Gasteiger partial charge on any atom is 0.332 e. The molecule has 1 atom stereocenters. The number of rotatable bonds is 6. The third-order valence-corrected chi connectivity index (χ3v) is 3.74. The summed E-state index contributed by atoms with van der Waals surface area (Å²) in [5, 5.41) is 26.7.